The van der Waals surface area contributed by atoms with Gasteiger partial charge in [0.25, 0.3) is 0 Å². The van der Waals surface area contributed by atoms with Crippen LogP contribution >= 0.6 is 11.8 Å². The zero-order chi connectivity index (χ0) is 13.6. The summed E-state index contributed by atoms with van der Waals surface area (Å²) >= 11 is 1.73. The molecule has 0 spiro atoms. The zero-order valence-corrected chi connectivity index (χ0v) is 12.4. The van der Waals surface area contributed by atoms with Crippen molar-refractivity contribution in [2.45, 2.75) is 24.4 Å². The molecular formula is C15H20N4S. The third-order valence-electron chi connectivity index (χ3n) is 3.60. The maximum atomic E-state index is 4.54. The molecule has 0 unspecified atom stereocenters. The Morgan fingerprint density at radius 2 is 1.90 bits per heavy atom. The van der Waals surface area contributed by atoms with Crippen LogP contribution in [0.1, 0.15) is 19.3 Å². The van der Waals surface area contributed by atoms with Gasteiger partial charge in [-0.05, 0) is 25.9 Å². The number of nitrogens with one attached hydrogen (secondary N) is 1. The smallest absolute Gasteiger partial charge is 0.208 e. The first-order valence-electron chi connectivity index (χ1n) is 7.25. The molecule has 0 amide bonds. The van der Waals surface area contributed by atoms with Crippen molar-refractivity contribution in [3.8, 4) is 11.4 Å². The fraction of sp³-hybridized carbons (Fsp3) is 0.467. The SMILES string of the molecule is c1ccc(-c2nc(SCCN3CCCCC3)n[nH]2)cc1. The van der Waals surface area contributed by atoms with Gasteiger partial charge in [0.1, 0.15) is 0 Å². The molecule has 1 aromatic carbocycles. The summed E-state index contributed by atoms with van der Waals surface area (Å²) in [6, 6.07) is 10.1. The minimum Gasteiger partial charge on any atom is -0.303 e. The van der Waals surface area contributed by atoms with E-state index in [4.69, 9.17) is 0 Å². The number of thioether (sulfide) groups is 1. The van der Waals surface area contributed by atoms with E-state index in [1.165, 1.54) is 32.4 Å². The lowest BCUT2D eigenvalue weighted by Crippen LogP contribution is -2.31. The molecule has 106 valence electrons. The van der Waals surface area contributed by atoms with Gasteiger partial charge < -0.3 is 4.90 Å². The topological polar surface area (TPSA) is 44.8 Å². The van der Waals surface area contributed by atoms with Crippen molar-refractivity contribution in [2.24, 2.45) is 0 Å². The Kier molecular flexibility index (Phi) is 4.71. The average molecular weight is 288 g/mol. The number of H-pyrrole nitrogens is 1. The van der Waals surface area contributed by atoms with Gasteiger partial charge in [0.2, 0.25) is 5.16 Å². The fourth-order valence-electron chi connectivity index (χ4n) is 2.49. The number of nitrogens with zero attached hydrogens (tertiary/aromatic N) is 3. The monoisotopic (exact) mass is 288 g/mol. The van der Waals surface area contributed by atoms with Gasteiger partial charge >= 0.3 is 0 Å². The van der Waals surface area contributed by atoms with Gasteiger partial charge in [-0.15, -0.1) is 5.10 Å². The second kappa shape index (κ2) is 6.90. The maximum absolute atomic E-state index is 4.54. The number of likely N-dealkylation sites (tertiary alicyclic amines) is 1. The first-order chi connectivity index (χ1) is 9.92. The Morgan fingerprint density at radius 1 is 1.10 bits per heavy atom. The number of piperidine rings is 1. The maximum Gasteiger partial charge on any atom is 0.208 e. The summed E-state index contributed by atoms with van der Waals surface area (Å²) in [6.45, 7) is 3.65. The van der Waals surface area contributed by atoms with E-state index >= 15 is 0 Å². The molecule has 0 bridgehead atoms. The van der Waals surface area contributed by atoms with Gasteiger partial charge in [0.05, 0.1) is 0 Å². The van der Waals surface area contributed by atoms with Crippen molar-refractivity contribution in [2.75, 3.05) is 25.4 Å². The molecule has 1 saturated heterocycles. The first-order valence-corrected chi connectivity index (χ1v) is 8.23. The van der Waals surface area contributed by atoms with Crippen molar-refractivity contribution >= 4 is 11.8 Å². The molecule has 5 heteroatoms. The lowest BCUT2D eigenvalue weighted by Gasteiger charge is -2.25. The van der Waals surface area contributed by atoms with Crippen LogP contribution in [0.2, 0.25) is 0 Å². The molecule has 3 rings (SSSR count). The lowest BCUT2D eigenvalue weighted by atomic mass is 10.1. The average Bonchev–Trinajstić information content (AvgIpc) is 2.98. The number of hydrogen-bond acceptors (Lipinski definition) is 4. The highest BCUT2D eigenvalue weighted by Gasteiger charge is 2.10. The molecule has 0 radical (unpaired) electrons. The van der Waals surface area contributed by atoms with Gasteiger partial charge in [0, 0.05) is 17.9 Å². The summed E-state index contributed by atoms with van der Waals surface area (Å²) in [5.41, 5.74) is 1.09. The molecule has 1 aromatic heterocycles. The Bertz CT molecular complexity index is 520. The minimum atomic E-state index is 0.848. The Labute approximate surface area is 124 Å². The van der Waals surface area contributed by atoms with E-state index in [9.17, 15) is 0 Å². The first kappa shape index (κ1) is 13.6. The number of rotatable bonds is 5. The van der Waals surface area contributed by atoms with Crippen LogP contribution in [0, 0.1) is 0 Å². The molecule has 0 aliphatic carbocycles. The van der Waals surface area contributed by atoms with E-state index < -0.39 is 0 Å². The number of benzene rings is 1. The third-order valence-corrected chi connectivity index (χ3v) is 4.43. The minimum absolute atomic E-state index is 0.848. The van der Waals surface area contributed by atoms with Gasteiger partial charge in [0.15, 0.2) is 5.82 Å². The molecule has 2 aromatic rings. The largest absolute Gasteiger partial charge is 0.303 e. The molecule has 20 heavy (non-hydrogen) atoms. The third kappa shape index (κ3) is 3.61. The highest BCUT2D eigenvalue weighted by atomic mass is 32.2. The molecule has 1 N–H and O–H groups in total. The second-order valence-corrected chi connectivity index (χ2v) is 6.15. The summed E-state index contributed by atoms with van der Waals surface area (Å²) < 4.78 is 0. The van der Waals surface area contributed by atoms with Crippen LogP contribution in [0.4, 0.5) is 0 Å². The highest BCUT2D eigenvalue weighted by Crippen LogP contribution is 2.19. The van der Waals surface area contributed by atoms with Crippen LogP contribution in [0.3, 0.4) is 0 Å². The Balaban J connectivity index is 1.50. The Hall–Kier alpha value is -1.33. The van der Waals surface area contributed by atoms with E-state index in [1.807, 2.05) is 30.3 Å². The van der Waals surface area contributed by atoms with Gasteiger partial charge in [-0.25, -0.2) is 4.98 Å². The van der Waals surface area contributed by atoms with Crippen molar-refractivity contribution in [1.82, 2.24) is 20.1 Å². The quantitative estimate of drug-likeness (QED) is 0.859. The summed E-state index contributed by atoms with van der Waals surface area (Å²) in [6.07, 6.45) is 4.10. The predicted octanol–water partition coefficient (Wildman–Crippen LogP) is 3.05. The van der Waals surface area contributed by atoms with Crippen LogP contribution in [-0.4, -0.2) is 45.5 Å². The summed E-state index contributed by atoms with van der Waals surface area (Å²) in [5, 5.41) is 8.15. The predicted molar refractivity (Wildman–Crippen MR) is 82.8 cm³/mol. The second-order valence-electron chi connectivity index (χ2n) is 5.08. The van der Waals surface area contributed by atoms with E-state index in [0.717, 1.165) is 28.8 Å². The van der Waals surface area contributed by atoms with Crippen LogP contribution in [0.5, 0.6) is 0 Å². The number of hydrogen-bond donors (Lipinski definition) is 1. The normalized spacial score (nSPS) is 16.4. The number of aromatic nitrogens is 3. The summed E-state index contributed by atoms with van der Waals surface area (Å²) in [5.74, 6) is 1.91. The van der Waals surface area contributed by atoms with Crippen molar-refractivity contribution in [3.05, 3.63) is 30.3 Å². The van der Waals surface area contributed by atoms with Gasteiger partial charge in [-0.2, -0.15) is 0 Å². The molecular weight excluding hydrogens is 268 g/mol. The molecule has 1 aliphatic rings. The van der Waals surface area contributed by atoms with Crippen LogP contribution in [0.25, 0.3) is 11.4 Å². The lowest BCUT2D eigenvalue weighted by molar-refractivity contribution is 0.242. The van der Waals surface area contributed by atoms with Crippen molar-refractivity contribution in [3.63, 3.8) is 0 Å². The summed E-state index contributed by atoms with van der Waals surface area (Å²) in [4.78, 5) is 7.08. The van der Waals surface area contributed by atoms with E-state index in [-0.39, 0.29) is 0 Å². The summed E-state index contributed by atoms with van der Waals surface area (Å²) in [7, 11) is 0. The molecule has 1 fully saturated rings. The Morgan fingerprint density at radius 3 is 2.70 bits per heavy atom. The molecule has 0 saturated carbocycles. The van der Waals surface area contributed by atoms with Crippen LogP contribution < -0.4 is 0 Å². The number of aromatic amines is 1. The molecule has 0 atom stereocenters. The standard InChI is InChI=1S/C15H20N4S/c1-3-7-13(8-4-1)14-16-15(18-17-14)20-12-11-19-9-5-2-6-10-19/h1,3-4,7-8H,2,5-6,9-12H2,(H,16,17,18). The van der Waals surface area contributed by atoms with Crippen LogP contribution in [-0.2, 0) is 0 Å². The molecule has 4 nitrogen and oxygen atoms in total. The molecule has 1 aliphatic heterocycles. The van der Waals surface area contributed by atoms with Crippen molar-refractivity contribution in [1.29, 1.82) is 0 Å². The van der Waals surface area contributed by atoms with E-state index in [0.29, 0.717) is 0 Å². The fourth-order valence-corrected chi connectivity index (χ4v) is 3.28. The van der Waals surface area contributed by atoms with Gasteiger partial charge in [-0.3, -0.25) is 5.10 Å². The van der Waals surface area contributed by atoms with E-state index in [1.54, 1.807) is 11.8 Å². The van der Waals surface area contributed by atoms with Gasteiger partial charge in [-0.1, -0.05) is 48.5 Å². The molecule has 2 heterocycles. The zero-order valence-electron chi connectivity index (χ0n) is 11.6. The van der Waals surface area contributed by atoms with Crippen molar-refractivity contribution < 1.29 is 0 Å². The highest BCUT2D eigenvalue weighted by molar-refractivity contribution is 7.99. The van der Waals surface area contributed by atoms with E-state index in [2.05, 4.69) is 20.1 Å². The van der Waals surface area contributed by atoms with Crippen LogP contribution in [0.15, 0.2) is 35.5 Å².